The van der Waals surface area contributed by atoms with E-state index in [1.807, 2.05) is 44.2 Å². The summed E-state index contributed by atoms with van der Waals surface area (Å²) in [6, 6.07) is 18.9. The highest BCUT2D eigenvalue weighted by atomic mass is 19.1. The summed E-state index contributed by atoms with van der Waals surface area (Å²) in [5.41, 5.74) is 1.09. The van der Waals surface area contributed by atoms with Crippen LogP contribution >= 0.6 is 0 Å². The van der Waals surface area contributed by atoms with Crippen molar-refractivity contribution in [1.29, 1.82) is 0 Å². The number of hydrogen-bond donors (Lipinski definition) is 1. The van der Waals surface area contributed by atoms with Crippen LogP contribution in [0.25, 0.3) is 21.7 Å². The van der Waals surface area contributed by atoms with E-state index in [4.69, 9.17) is 14.2 Å². The number of halogens is 2. The van der Waals surface area contributed by atoms with E-state index in [0.717, 1.165) is 28.3 Å². The third-order valence-electron chi connectivity index (χ3n) is 5.63. The van der Waals surface area contributed by atoms with E-state index in [9.17, 15) is 13.6 Å². The number of ether oxygens (including phenoxy) is 3. The molecule has 0 aliphatic rings. The zero-order valence-electron chi connectivity index (χ0n) is 21.3. The fourth-order valence-corrected chi connectivity index (χ4v) is 3.92. The fraction of sp³-hybridized carbons (Fsp3) is 0.133. The van der Waals surface area contributed by atoms with E-state index >= 15 is 0 Å². The Morgan fingerprint density at radius 3 is 2.13 bits per heavy atom. The van der Waals surface area contributed by atoms with Crippen LogP contribution in [0.15, 0.2) is 79.0 Å². The highest BCUT2D eigenvalue weighted by molar-refractivity contribution is 6.05. The molecule has 0 atom stereocenters. The molecule has 1 N–H and O–H groups in total. The molecule has 0 aliphatic heterocycles. The Bertz CT molecular complexity index is 1600. The van der Waals surface area contributed by atoms with Crippen molar-refractivity contribution in [3.63, 3.8) is 0 Å². The van der Waals surface area contributed by atoms with Gasteiger partial charge in [0.1, 0.15) is 23.1 Å². The van der Waals surface area contributed by atoms with Crippen molar-refractivity contribution < 1.29 is 27.8 Å². The van der Waals surface area contributed by atoms with Crippen LogP contribution in [0.4, 0.5) is 14.5 Å². The van der Waals surface area contributed by atoms with E-state index in [-0.39, 0.29) is 5.56 Å². The maximum absolute atomic E-state index is 13.4. The van der Waals surface area contributed by atoms with Gasteiger partial charge < -0.3 is 19.5 Å². The van der Waals surface area contributed by atoms with Gasteiger partial charge in [-0.1, -0.05) is 26.0 Å². The minimum atomic E-state index is -0.814. The van der Waals surface area contributed by atoms with Crippen molar-refractivity contribution in [3.8, 4) is 23.0 Å². The topological polar surface area (TPSA) is 69.7 Å². The molecular formula is C30H26F2N2O4. The van der Waals surface area contributed by atoms with Crippen molar-refractivity contribution in [2.45, 2.75) is 13.8 Å². The van der Waals surface area contributed by atoms with Crippen LogP contribution in [0, 0.1) is 11.6 Å². The predicted molar refractivity (Wildman–Crippen MR) is 145 cm³/mol. The van der Waals surface area contributed by atoms with Gasteiger partial charge in [-0.25, -0.2) is 8.78 Å². The second-order valence-corrected chi connectivity index (χ2v) is 7.97. The molecular weight excluding hydrogens is 490 g/mol. The molecule has 0 saturated carbocycles. The van der Waals surface area contributed by atoms with Crippen LogP contribution in [0.3, 0.4) is 0 Å². The molecule has 1 aromatic heterocycles. The summed E-state index contributed by atoms with van der Waals surface area (Å²) >= 11 is 0. The number of anilines is 1. The number of nitrogens with one attached hydrogen (secondary N) is 1. The normalized spacial score (nSPS) is 10.5. The Morgan fingerprint density at radius 1 is 0.763 bits per heavy atom. The molecule has 194 valence electrons. The molecule has 1 amide bonds. The molecule has 0 unspecified atom stereocenters. The smallest absolute Gasteiger partial charge is 0.255 e. The van der Waals surface area contributed by atoms with Gasteiger partial charge in [-0.3, -0.25) is 9.78 Å². The fourth-order valence-electron chi connectivity index (χ4n) is 3.92. The number of aromatic nitrogens is 1. The predicted octanol–water partition coefficient (Wildman–Crippen LogP) is 7.75. The van der Waals surface area contributed by atoms with Crippen molar-refractivity contribution in [1.82, 2.24) is 4.98 Å². The van der Waals surface area contributed by atoms with Crippen molar-refractivity contribution in [3.05, 3.63) is 96.2 Å². The monoisotopic (exact) mass is 516 g/mol. The molecule has 6 nitrogen and oxygen atoms in total. The largest absolute Gasteiger partial charge is 0.493 e. The van der Waals surface area contributed by atoms with Crippen molar-refractivity contribution in [2.75, 3.05) is 19.5 Å². The maximum atomic E-state index is 13.4. The lowest BCUT2D eigenvalue weighted by molar-refractivity contribution is 0.102. The van der Waals surface area contributed by atoms with Crippen LogP contribution in [0.5, 0.6) is 23.0 Å². The Balaban J connectivity index is 0.00000164. The molecule has 0 aliphatic carbocycles. The first-order chi connectivity index (χ1) is 18.4. The average molecular weight is 517 g/mol. The molecule has 5 rings (SSSR count). The van der Waals surface area contributed by atoms with Gasteiger partial charge in [-0.15, -0.1) is 0 Å². The van der Waals surface area contributed by atoms with Gasteiger partial charge in [0.05, 0.1) is 19.7 Å². The lowest BCUT2D eigenvalue weighted by Gasteiger charge is -2.13. The van der Waals surface area contributed by atoms with Crippen LogP contribution in [0.1, 0.15) is 24.2 Å². The number of methoxy groups -OCH3 is 2. The summed E-state index contributed by atoms with van der Waals surface area (Å²) in [5.74, 6) is 0.117. The van der Waals surface area contributed by atoms with E-state index in [0.29, 0.717) is 40.3 Å². The third kappa shape index (κ3) is 5.64. The number of carbonyl (C=O) groups excluding carboxylic acids is 1. The second-order valence-electron chi connectivity index (χ2n) is 7.97. The standard InChI is InChI=1S/C28H20F2N2O4.C2H6/c1-34-26-14-23-24(15-27(26)35-2)31-8-7-25(23)36-22-6-4-16-11-21(5-3-17(16)12-22)32-28(33)18-9-19(29)13-20(30)10-18;1-2/h3-15H,1-2H3,(H,32,33);1-2H3. The first kappa shape index (κ1) is 26.3. The lowest BCUT2D eigenvalue weighted by Crippen LogP contribution is -2.12. The highest BCUT2D eigenvalue weighted by Crippen LogP contribution is 2.37. The number of hydrogen-bond acceptors (Lipinski definition) is 5. The first-order valence-electron chi connectivity index (χ1n) is 11.9. The average Bonchev–Trinajstić information content (AvgIpc) is 2.93. The molecule has 1 heterocycles. The maximum Gasteiger partial charge on any atom is 0.255 e. The molecule has 38 heavy (non-hydrogen) atoms. The first-order valence-corrected chi connectivity index (χ1v) is 11.9. The summed E-state index contributed by atoms with van der Waals surface area (Å²) in [7, 11) is 3.13. The number of nitrogens with zero attached hydrogens (tertiary/aromatic N) is 1. The molecule has 8 heteroatoms. The summed E-state index contributed by atoms with van der Waals surface area (Å²) < 4.78 is 43.8. The third-order valence-corrected chi connectivity index (χ3v) is 5.63. The zero-order chi connectivity index (χ0) is 27.2. The van der Waals surface area contributed by atoms with Gasteiger partial charge in [0.15, 0.2) is 11.5 Å². The summed E-state index contributed by atoms with van der Waals surface area (Å²) in [4.78, 5) is 16.8. The molecule has 5 aromatic rings. The lowest BCUT2D eigenvalue weighted by atomic mass is 10.1. The summed E-state index contributed by atoms with van der Waals surface area (Å²) in [6.07, 6.45) is 1.66. The quantitative estimate of drug-likeness (QED) is 0.250. The Labute approximate surface area is 218 Å². The molecule has 0 radical (unpaired) electrons. The van der Waals surface area contributed by atoms with Gasteiger partial charge >= 0.3 is 0 Å². The highest BCUT2D eigenvalue weighted by Gasteiger charge is 2.13. The van der Waals surface area contributed by atoms with Crippen molar-refractivity contribution in [2.24, 2.45) is 0 Å². The Hall–Kier alpha value is -4.72. The van der Waals surface area contributed by atoms with Gasteiger partial charge in [-0.05, 0) is 59.3 Å². The Morgan fingerprint density at radius 2 is 1.42 bits per heavy atom. The Kier molecular flexibility index (Phi) is 8.01. The number of pyridine rings is 1. The number of rotatable bonds is 6. The van der Waals surface area contributed by atoms with Gasteiger partial charge in [0.25, 0.3) is 5.91 Å². The summed E-state index contributed by atoms with van der Waals surface area (Å²) in [5, 5.41) is 5.15. The molecule has 4 aromatic carbocycles. The van der Waals surface area contributed by atoms with Crippen LogP contribution in [0.2, 0.25) is 0 Å². The number of carbonyl (C=O) groups is 1. The van der Waals surface area contributed by atoms with Crippen LogP contribution in [-0.2, 0) is 0 Å². The van der Waals surface area contributed by atoms with Crippen molar-refractivity contribution >= 4 is 33.3 Å². The molecule has 0 saturated heterocycles. The van der Waals surface area contributed by atoms with E-state index < -0.39 is 17.5 Å². The second kappa shape index (κ2) is 11.6. The molecule has 0 fully saturated rings. The van der Waals surface area contributed by atoms with Crippen LogP contribution in [-0.4, -0.2) is 25.1 Å². The van der Waals surface area contributed by atoms with Gasteiger partial charge in [0, 0.05) is 35.0 Å². The van der Waals surface area contributed by atoms with Gasteiger partial charge in [-0.2, -0.15) is 0 Å². The van der Waals surface area contributed by atoms with Gasteiger partial charge in [0.2, 0.25) is 0 Å². The summed E-state index contributed by atoms with van der Waals surface area (Å²) in [6.45, 7) is 4.00. The van der Waals surface area contributed by atoms with E-state index in [1.54, 1.807) is 44.7 Å². The van der Waals surface area contributed by atoms with E-state index in [2.05, 4.69) is 10.3 Å². The number of fused-ring (bicyclic) bond motifs is 2. The van der Waals surface area contributed by atoms with Crippen LogP contribution < -0.4 is 19.5 Å². The molecule has 0 spiro atoms. The van der Waals surface area contributed by atoms with E-state index in [1.165, 1.54) is 0 Å². The minimum absolute atomic E-state index is 0.102. The zero-order valence-corrected chi connectivity index (χ0v) is 21.3. The SMILES string of the molecule is CC.COc1cc2nccc(Oc3ccc4cc(NC(=O)c5cc(F)cc(F)c5)ccc4c3)c2cc1OC. The number of amides is 1. The molecule has 0 bridgehead atoms. The minimum Gasteiger partial charge on any atom is -0.493 e. The number of benzene rings is 4.